The van der Waals surface area contributed by atoms with E-state index in [0.29, 0.717) is 0 Å². The van der Waals surface area contributed by atoms with E-state index in [4.69, 9.17) is 4.74 Å². The molecule has 0 bridgehead atoms. The Morgan fingerprint density at radius 2 is 1.62 bits per heavy atom. The molecule has 0 radical (unpaired) electrons. The van der Waals surface area contributed by atoms with Crippen molar-refractivity contribution >= 4 is 23.7 Å². The largest absolute Gasteiger partial charge is 0.478 e. The molecule has 174 valence electrons. The number of nitrogens with one attached hydrogen (secondary N) is 2. The third-order valence-electron chi connectivity index (χ3n) is 5.83. The van der Waals surface area contributed by atoms with E-state index in [9.17, 15) is 23.9 Å². The Morgan fingerprint density at radius 3 is 2.21 bits per heavy atom. The van der Waals surface area contributed by atoms with Crippen LogP contribution in [-0.4, -0.2) is 35.7 Å². The number of carbonyl (C=O) groups excluding carboxylic acids is 2. The molecule has 1 aliphatic carbocycles. The molecule has 0 fully saturated rings. The van der Waals surface area contributed by atoms with Gasteiger partial charge in [-0.3, -0.25) is 4.79 Å². The Labute approximate surface area is 195 Å². The zero-order valence-electron chi connectivity index (χ0n) is 18.4. The Kier molecular flexibility index (Phi) is 6.58. The van der Waals surface area contributed by atoms with Crippen molar-refractivity contribution in [3.63, 3.8) is 0 Å². The highest BCUT2D eigenvalue weighted by Crippen LogP contribution is 2.44. The fourth-order valence-corrected chi connectivity index (χ4v) is 4.16. The van der Waals surface area contributed by atoms with E-state index >= 15 is 0 Å². The third-order valence-corrected chi connectivity index (χ3v) is 5.83. The summed E-state index contributed by atoms with van der Waals surface area (Å²) < 4.78 is 18.9. The van der Waals surface area contributed by atoms with Gasteiger partial charge in [0.15, 0.2) is 0 Å². The number of carboxylic acids is 1. The number of benzene rings is 3. The van der Waals surface area contributed by atoms with Crippen LogP contribution in [-0.2, 0) is 9.53 Å². The summed E-state index contributed by atoms with van der Waals surface area (Å²) in [7, 11) is 0. The maximum absolute atomic E-state index is 13.4. The van der Waals surface area contributed by atoms with Crippen LogP contribution in [0.1, 0.15) is 40.7 Å². The summed E-state index contributed by atoms with van der Waals surface area (Å²) >= 11 is 0. The molecule has 2 amide bonds. The molecule has 7 nitrogen and oxygen atoms in total. The molecule has 0 saturated carbocycles. The van der Waals surface area contributed by atoms with Crippen LogP contribution in [0.15, 0.2) is 66.7 Å². The van der Waals surface area contributed by atoms with Gasteiger partial charge in [0.1, 0.15) is 18.5 Å². The Morgan fingerprint density at radius 1 is 1.00 bits per heavy atom. The zero-order chi connectivity index (χ0) is 24.2. The smallest absolute Gasteiger partial charge is 0.407 e. The second kappa shape index (κ2) is 9.74. The third kappa shape index (κ3) is 4.61. The highest BCUT2D eigenvalue weighted by Gasteiger charge is 2.29. The lowest BCUT2D eigenvalue weighted by molar-refractivity contribution is -0.118. The van der Waals surface area contributed by atoms with E-state index < -0.39 is 29.8 Å². The van der Waals surface area contributed by atoms with Crippen molar-refractivity contribution in [1.29, 1.82) is 0 Å². The summed E-state index contributed by atoms with van der Waals surface area (Å²) in [5.74, 6) is -2.87. The number of rotatable bonds is 7. The molecule has 0 saturated heterocycles. The number of fused-ring (bicyclic) bond motifs is 3. The average Bonchev–Trinajstić information content (AvgIpc) is 3.15. The molecule has 0 spiro atoms. The monoisotopic (exact) mass is 462 g/mol. The van der Waals surface area contributed by atoms with Gasteiger partial charge in [-0.25, -0.2) is 14.0 Å². The van der Waals surface area contributed by atoms with Crippen molar-refractivity contribution in [1.82, 2.24) is 5.32 Å². The highest BCUT2D eigenvalue weighted by molar-refractivity contribution is 6.02. The minimum Gasteiger partial charge on any atom is -0.478 e. The molecule has 1 unspecified atom stereocenters. The molecule has 3 aromatic carbocycles. The summed E-state index contributed by atoms with van der Waals surface area (Å²) in [6.07, 6.45) is -0.527. The van der Waals surface area contributed by atoms with E-state index in [-0.39, 0.29) is 30.2 Å². The van der Waals surface area contributed by atoms with Gasteiger partial charge in [-0.05, 0) is 46.9 Å². The predicted molar refractivity (Wildman–Crippen MR) is 124 cm³/mol. The summed E-state index contributed by atoms with van der Waals surface area (Å²) in [5.41, 5.74) is 3.89. The second-order valence-corrected chi connectivity index (χ2v) is 7.92. The Hall–Kier alpha value is -4.20. The van der Waals surface area contributed by atoms with Gasteiger partial charge >= 0.3 is 12.1 Å². The molecule has 0 aromatic heterocycles. The number of alkyl carbamates (subject to hydrolysis) is 1. The standard InChI is InChI=1S/C26H23FN2O5/c1-2-22(24(30)28-23-12-11-15(27)13-20(23)25(31)32)29-26(33)34-14-21-18-9-5-3-7-16(18)17-8-4-6-10-19(17)21/h3-13,21-22H,2,14H2,1H3,(H,28,30)(H,29,33)(H,31,32). The maximum atomic E-state index is 13.4. The highest BCUT2D eigenvalue weighted by atomic mass is 19.1. The van der Waals surface area contributed by atoms with E-state index in [1.165, 1.54) is 0 Å². The fourth-order valence-electron chi connectivity index (χ4n) is 4.16. The van der Waals surface area contributed by atoms with Gasteiger partial charge in [0.25, 0.3) is 0 Å². The summed E-state index contributed by atoms with van der Waals surface area (Å²) in [6, 6.07) is 17.9. The summed E-state index contributed by atoms with van der Waals surface area (Å²) in [4.78, 5) is 36.5. The molecule has 0 heterocycles. The normalized spacial score (nSPS) is 12.9. The minimum atomic E-state index is -1.38. The SMILES string of the molecule is CCC(NC(=O)OCC1c2ccccc2-c2ccccc21)C(=O)Nc1ccc(F)cc1C(=O)O. The quantitative estimate of drug-likeness (QED) is 0.469. The van der Waals surface area contributed by atoms with Crippen molar-refractivity contribution in [2.24, 2.45) is 0 Å². The number of aromatic carboxylic acids is 1. The number of hydrogen-bond donors (Lipinski definition) is 3. The van der Waals surface area contributed by atoms with Crippen LogP contribution in [0.2, 0.25) is 0 Å². The molecule has 3 N–H and O–H groups in total. The molecule has 8 heteroatoms. The van der Waals surface area contributed by atoms with Crippen molar-refractivity contribution in [2.75, 3.05) is 11.9 Å². The minimum absolute atomic E-state index is 0.0633. The van der Waals surface area contributed by atoms with Crippen molar-refractivity contribution in [2.45, 2.75) is 25.3 Å². The lowest BCUT2D eigenvalue weighted by Crippen LogP contribution is -2.44. The van der Waals surface area contributed by atoms with Gasteiger partial charge in [-0.1, -0.05) is 55.5 Å². The first kappa shape index (κ1) is 23.0. The van der Waals surface area contributed by atoms with E-state index in [1.807, 2.05) is 48.5 Å². The molecule has 4 rings (SSSR count). The van der Waals surface area contributed by atoms with Crippen LogP contribution in [0.4, 0.5) is 14.9 Å². The summed E-state index contributed by atoms with van der Waals surface area (Å²) in [5, 5.41) is 14.2. The number of amides is 2. The van der Waals surface area contributed by atoms with Gasteiger partial charge in [-0.15, -0.1) is 0 Å². The van der Waals surface area contributed by atoms with Crippen molar-refractivity contribution in [3.05, 3.63) is 89.2 Å². The average molecular weight is 462 g/mol. The molecule has 1 aliphatic rings. The number of carboxylic acid groups (broad SMARTS) is 1. The molecule has 0 aliphatic heterocycles. The number of halogens is 1. The van der Waals surface area contributed by atoms with Gasteiger partial charge in [0.05, 0.1) is 11.3 Å². The number of carbonyl (C=O) groups is 3. The van der Waals surface area contributed by atoms with Crippen LogP contribution < -0.4 is 10.6 Å². The lowest BCUT2D eigenvalue weighted by Gasteiger charge is -2.19. The van der Waals surface area contributed by atoms with E-state index in [0.717, 1.165) is 40.5 Å². The molecule has 34 heavy (non-hydrogen) atoms. The van der Waals surface area contributed by atoms with Crippen LogP contribution in [0.5, 0.6) is 0 Å². The van der Waals surface area contributed by atoms with Crippen LogP contribution in [0, 0.1) is 5.82 Å². The van der Waals surface area contributed by atoms with Crippen molar-refractivity contribution in [3.8, 4) is 11.1 Å². The first-order chi connectivity index (χ1) is 16.4. The summed E-state index contributed by atoms with van der Waals surface area (Å²) in [6.45, 7) is 1.79. The Bertz CT molecular complexity index is 1210. The van der Waals surface area contributed by atoms with E-state index in [1.54, 1.807) is 6.92 Å². The molecular weight excluding hydrogens is 439 g/mol. The first-order valence-electron chi connectivity index (χ1n) is 10.8. The van der Waals surface area contributed by atoms with Crippen molar-refractivity contribution < 1.29 is 28.6 Å². The van der Waals surface area contributed by atoms with Crippen LogP contribution >= 0.6 is 0 Å². The molecular formula is C26H23FN2O5. The number of ether oxygens (including phenoxy) is 1. The topological polar surface area (TPSA) is 105 Å². The molecule has 3 aromatic rings. The fraction of sp³-hybridized carbons (Fsp3) is 0.192. The number of anilines is 1. The zero-order valence-corrected chi connectivity index (χ0v) is 18.4. The van der Waals surface area contributed by atoms with Gasteiger partial charge < -0.3 is 20.5 Å². The van der Waals surface area contributed by atoms with Crippen LogP contribution in [0.25, 0.3) is 11.1 Å². The maximum Gasteiger partial charge on any atom is 0.407 e. The lowest BCUT2D eigenvalue weighted by atomic mass is 9.98. The van der Waals surface area contributed by atoms with E-state index in [2.05, 4.69) is 10.6 Å². The predicted octanol–water partition coefficient (Wildman–Crippen LogP) is 4.78. The Balaban J connectivity index is 1.41. The van der Waals surface area contributed by atoms with Gasteiger partial charge in [-0.2, -0.15) is 0 Å². The second-order valence-electron chi connectivity index (χ2n) is 7.92. The van der Waals surface area contributed by atoms with Crippen LogP contribution in [0.3, 0.4) is 0 Å². The number of hydrogen-bond acceptors (Lipinski definition) is 4. The molecule has 1 atom stereocenters. The van der Waals surface area contributed by atoms with Gasteiger partial charge in [0.2, 0.25) is 5.91 Å². The first-order valence-corrected chi connectivity index (χ1v) is 10.8. The van der Waals surface area contributed by atoms with Gasteiger partial charge in [0, 0.05) is 5.92 Å².